The molecule has 3 nitrogen and oxygen atoms in total. The molecule has 0 aliphatic heterocycles. The average Bonchev–Trinajstić information content (AvgIpc) is 2.36. The fourth-order valence-electron chi connectivity index (χ4n) is 2.29. The topological polar surface area (TPSA) is 46.2 Å². The zero-order chi connectivity index (χ0) is 14.9. The highest BCUT2D eigenvalue weighted by Crippen LogP contribution is 2.30. The first kappa shape index (κ1) is 16.9. The van der Waals surface area contributed by atoms with Crippen molar-refractivity contribution in [2.75, 3.05) is 0 Å². The highest BCUT2D eigenvalue weighted by Gasteiger charge is 2.26. The number of sulfonamides is 1. The summed E-state index contributed by atoms with van der Waals surface area (Å²) in [5, 5.41) is 0. The van der Waals surface area contributed by atoms with Crippen LogP contribution in [0.5, 0.6) is 0 Å². The van der Waals surface area contributed by atoms with Crippen LogP contribution in [0, 0.1) is 6.92 Å². The molecule has 1 saturated carbocycles. The van der Waals surface area contributed by atoms with Gasteiger partial charge in [0.1, 0.15) is 0 Å². The second kappa shape index (κ2) is 6.77. The highest BCUT2D eigenvalue weighted by atomic mass is 79.9. The van der Waals surface area contributed by atoms with E-state index in [1.165, 1.54) is 0 Å². The van der Waals surface area contributed by atoms with Crippen molar-refractivity contribution in [3.8, 4) is 0 Å². The van der Waals surface area contributed by atoms with Gasteiger partial charge in [-0.05, 0) is 66.2 Å². The number of aryl methyl sites for hydroxylation is 1. The van der Waals surface area contributed by atoms with E-state index in [4.69, 9.17) is 0 Å². The van der Waals surface area contributed by atoms with Crippen LogP contribution in [0.25, 0.3) is 0 Å². The van der Waals surface area contributed by atoms with Crippen molar-refractivity contribution in [3.63, 3.8) is 0 Å². The molecule has 0 amide bonds. The number of nitrogens with one attached hydrogen (secondary N) is 1. The molecular formula is C13H16Br3NO2S. The van der Waals surface area contributed by atoms with Gasteiger partial charge in [0, 0.05) is 19.8 Å². The lowest BCUT2D eigenvalue weighted by atomic mass is 9.96. The first-order valence-corrected chi connectivity index (χ1v) is 10.4. The van der Waals surface area contributed by atoms with E-state index in [1.807, 2.05) is 13.0 Å². The molecule has 20 heavy (non-hydrogen) atoms. The van der Waals surface area contributed by atoms with E-state index in [0.29, 0.717) is 9.30 Å². The summed E-state index contributed by atoms with van der Waals surface area (Å²) in [5.74, 6) is 0. The highest BCUT2D eigenvalue weighted by molar-refractivity contribution is 9.11. The molecular weight excluding hydrogens is 474 g/mol. The number of hydrogen-bond donors (Lipinski definition) is 1. The maximum Gasteiger partial charge on any atom is 0.241 e. The van der Waals surface area contributed by atoms with Gasteiger partial charge in [0.2, 0.25) is 10.0 Å². The normalized spacial score (nSPS) is 23.8. The third-order valence-electron chi connectivity index (χ3n) is 3.48. The quantitative estimate of drug-likeness (QED) is 0.635. The number of alkyl halides is 1. The van der Waals surface area contributed by atoms with Crippen LogP contribution in [-0.4, -0.2) is 19.3 Å². The Bertz CT molecular complexity index is 596. The molecule has 0 bridgehead atoms. The Morgan fingerprint density at radius 1 is 1.10 bits per heavy atom. The number of hydrogen-bond acceptors (Lipinski definition) is 2. The Morgan fingerprint density at radius 2 is 1.70 bits per heavy atom. The Balaban J connectivity index is 2.20. The van der Waals surface area contributed by atoms with Crippen LogP contribution in [0.4, 0.5) is 0 Å². The van der Waals surface area contributed by atoms with Crippen LogP contribution >= 0.6 is 47.8 Å². The molecule has 1 aromatic rings. The second-order valence-electron chi connectivity index (χ2n) is 5.10. The molecule has 7 heteroatoms. The third kappa shape index (κ3) is 4.06. The third-order valence-corrected chi connectivity index (χ3v) is 7.73. The molecule has 1 N–H and O–H groups in total. The van der Waals surface area contributed by atoms with Crippen molar-refractivity contribution in [3.05, 3.63) is 26.6 Å². The van der Waals surface area contributed by atoms with Gasteiger partial charge in [-0.15, -0.1) is 0 Å². The molecule has 2 rings (SSSR count). The van der Waals surface area contributed by atoms with Gasteiger partial charge in [0.15, 0.2) is 0 Å². The lowest BCUT2D eigenvalue weighted by molar-refractivity contribution is 0.422. The smallest absolute Gasteiger partial charge is 0.208 e. The molecule has 1 fully saturated rings. The summed E-state index contributed by atoms with van der Waals surface area (Å²) < 4.78 is 29.2. The van der Waals surface area contributed by atoms with Crippen molar-refractivity contribution in [1.29, 1.82) is 0 Å². The van der Waals surface area contributed by atoms with Crippen LogP contribution in [0.1, 0.15) is 31.2 Å². The van der Waals surface area contributed by atoms with Crippen molar-refractivity contribution in [2.45, 2.75) is 48.4 Å². The van der Waals surface area contributed by atoms with Crippen molar-refractivity contribution in [2.24, 2.45) is 0 Å². The van der Waals surface area contributed by atoms with Crippen molar-refractivity contribution >= 4 is 57.8 Å². The van der Waals surface area contributed by atoms with Crippen molar-refractivity contribution in [1.82, 2.24) is 4.72 Å². The van der Waals surface area contributed by atoms with Crippen LogP contribution < -0.4 is 4.72 Å². The molecule has 0 spiro atoms. The van der Waals surface area contributed by atoms with E-state index in [-0.39, 0.29) is 10.9 Å². The SMILES string of the molecule is Cc1cc(Br)c(S(=O)(=O)NC2CCC(Br)CC2)cc1Br. The van der Waals surface area contributed by atoms with Crippen LogP contribution in [0.2, 0.25) is 0 Å². The molecule has 0 unspecified atom stereocenters. The fraction of sp³-hybridized carbons (Fsp3) is 0.538. The lowest BCUT2D eigenvalue weighted by Crippen LogP contribution is -2.37. The monoisotopic (exact) mass is 487 g/mol. The standard InChI is InChI=1S/C13H16Br3NO2S/c1-8-6-12(16)13(7-11(8)15)20(18,19)17-10-4-2-9(14)3-5-10/h6-7,9-10,17H,2-5H2,1H3. The van der Waals surface area contributed by atoms with E-state index < -0.39 is 10.0 Å². The molecule has 0 saturated heterocycles. The summed E-state index contributed by atoms with van der Waals surface area (Å²) in [6.45, 7) is 1.93. The van der Waals surface area contributed by atoms with Gasteiger partial charge in [-0.3, -0.25) is 0 Å². The minimum Gasteiger partial charge on any atom is -0.208 e. The molecule has 0 heterocycles. The Labute approximate surface area is 145 Å². The fourth-order valence-corrected chi connectivity index (χ4v) is 5.80. The number of halogens is 3. The summed E-state index contributed by atoms with van der Waals surface area (Å²) in [5.41, 5.74) is 0.996. The van der Waals surface area contributed by atoms with E-state index >= 15 is 0 Å². The number of benzene rings is 1. The second-order valence-corrected chi connectivity index (χ2v) is 9.79. The van der Waals surface area contributed by atoms with Crippen LogP contribution in [-0.2, 0) is 10.0 Å². The molecule has 1 aromatic carbocycles. The van der Waals surface area contributed by atoms with Crippen LogP contribution in [0.3, 0.4) is 0 Å². The Morgan fingerprint density at radius 3 is 2.30 bits per heavy atom. The van der Waals surface area contributed by atoms with Gasteiger partial charge in [0.25, 0.3) is 0 Å². The van der Waals surface area contributed by atoms with E-state index in [2.05, 4.69) is 52.5 Å². The summed E-state index contributed by atoms with van der Waals surface area (Å²) in [6, 6.07) is 3.49. The first-order chi connectivity index (χ1) is 9.29. The predicted molar refractivity (Wildman–Crippen MR) is 91.9 cm³/mol. The summed E-state index contributed by atoms with van der Waals surface area (Å²) >= 11 is 10.3. The average molecular weight is 490 g/mol. The zero-order valence-corrected chi connectivity index (χ0v) is 16.6. The predicted octanol–water partition coefficient (Wildman–Crippen LogP) is 4.50. The van der Waals surface area contributed by atoms with Gasteiger partial charge in [0.05, 0.1) is 4.90 Å². The minimum absolute atomic E-state index is 0.0285. The van der Waals surface area contributed by atoms with Gasteiger partial charge in [-0.1, -0.05) is 31.9 Å². The van der Waals surface area contributed by atoms with E-state index in [0.717, 1.165) is 35.7 Å². The minimum atomic E-state index is -3.49. The summed E-state index contributed by atoms with van der Waals surface area (Å²) in [7, 11) is -3.49. The molecule has 1 aliphatic rings. The molecule has 0 atom stereocenters. The summed E-state index contributed by atoms with van der Waals surface area (Å²) in [6.07, 6.45) is 3.76. The lowest BCUT2D eigenvalue weighted by Gasteiger charge is -2.26. The Kier molecular flexibility index (Phi) is 5.73. The van der Waals surface area contributed by atoms with E-state index in [1.54, 1.807) is 6.07 Å². The Hall–Kier alpha value is 0.570. The van der Waals surface area contributed by atoms with Gasteiger partial charge in [-0.2, -0.15) is 0 Å². The van der Waals surface area contributed by atoms with Gasteiger partial charge >= 0.3 is 0 Å². The maximum atomic E-state index is 12.5. The number of rotatable bonds is 3. The largest absolute Gasteiger partial charge is 0.241 e. The summed E-state index contributed by atoms with van der Waals surface area (Å²) in [4.78, 5) is 0.805. The molecule has 1 aliphatic carbocycles. The molecule has 112 valence electrons. The molecule has 0 aromatic heterocycles. The first-order valence-electron chi connectivity index (χ1n) is 6.41. The maximum absolute atomic E-state index is 12.5. The van der Waals surface area contributed by atoms with E-state index in [9.17, 15) is 8.42 Å². The van der Waals surface area contributed by atoms with Gasteiger partial charge in [-0.25, -0.2) is 13.1 Å². The van der Waals surface area contributed by atoms with Crippen molar-refractivity contribution < 1.29 is 8.42 Å². The molecule has 0 radical (unpaired) electrons. The zero-order valence-electron chi connectivity index (χ0n) is 11.0. The van der Waals surface area contributed by atoms with Gasteiger partial charge < -0.3 is 0 Å². The van der Waals surface area contributed by atoms with Crippen LogP contribution in [0.15, 0.2) is 26.0 Å².